The van der Waals surface area contributed by atoms with E-state index in [0.29, 0.717) is 24.0 Å². The zero-order valence-corrected chi connectivity index (χ0v) is 13.7. The average Bonchev–Trinajstić information content (AvgIpc) is 2.81. The second kappa shape index (κ2) is 6.01. The maximum atomic E-state index is 11.8. The number of hydrogen-bond acceptors (Lipinski definition) is 7. The van der Waals surface area contributed by atoms with Crippen LogP contribution in [0.3, 0.4) is 0 Å². The number of aryl methyl sites for hydroxylation is 2. The molecule has 0 aliphatic rings. The van der Waals surface area contributed by atoms with E-state index in [1.54, 1.807) is 0 Å². The number of phenolic OH excluding ortho intramolecular Hbond substituents is 2. The van der Waals surface area contributed by atoms with Gasteiger partial charge in [-0.25, -0.2) is 4.79 Å². The molecule has 7 heteroatoms. The minimum Gasteiger partial charge on any atom is -0.504 e. The molecule has 0 aliphatic heterocycles. The van der Waals surface area contributed by atoms with Crippen LogP contribution in [0.15, 0.2) is 31.9 Å². The normalized spacial score (nSPS) is 11.5. The van der Waals surface area contributed by atoms with Crippen LogP contribution in [0, 0.1) is 13.8 Å². The SMILES string of the molecule is Cc1noc(C)c1CN(C)Cc1cc(=O)oc2cc(O)c(O)cc12. The Labute approximate surface area is 137 Å². The van der Waals surface area contributed by atoms with E-state index >= 15 is 0 Å². The molecule has 0 aliphatic carbocycles. The summed E-state index contributed by atoms with van der Waals surface area (Å²) in [6, 6.07) is 4.03. The Bertz CT molecular complexity index is 938. The number of nitrogens with zero attached hydrogens (tertiary/aromatic N) is 2. The molecule has 0 spiro atoms. The summed E-state index contributed by atoms with van der Waals surface area (Å²) >= 11 is 0. The van der Waals surface area contributed by atoms with Gasteiger partial charge in [0.2, 0.25) is 0 Å². The van der Waals surface area contributed by atoms with Crippen molar-refractivity contribution in [2.24, 2.45) is 0 Å². The van der Waals surface area contributed by atoms with Gasteiger partial charge in [0.05, 0.1) is 5.69 Å². The van der Waals surface area contributed by atoms with Crippen LogP contribution in [0.4, 0.5) is 0 Å². The fraction of sp³-hybridized carbons (Fsp3) is 0.294. The molecule has 126 valence electrons. The van der Waals surface area contributed by atoms with Crippen LogP contribution in [0.25, 0.3) is 11.0 Å². The molecule has 0 bridgehead atoms. The van der Waals surface area contributed by atoms with Gasteiger partial charge >= 0.3 is 5.63 Å². The van der Waals surface area contributed by atoms with Crippen LogP contribution in [0.2, 0.25) is 0 Å². The second-order valence-corrected chi connectivity index (χ2v) is 5.90. The summed E-state index contributed by atoms with van der Waals surface area (Å²) < 4.78 is 10.3. The molecule has 0 atom stereocenters. The molecule has 1 aromatic carbocycles. The minimum absolute atomic E-state index is 0.235. The summed E-state index contributed by atoms with van der Waals surface area (Å²) in [7, 11) is 1.91. The lowest BCUT2D eigenvalue weighted by atomic mass is 10.1. The van der Waals surface area contributed by atoms with Gasteiger partial charge in [0, 0.05) is 36.2 Å². The highest BCUT2D eigenvalue weighted by molar-refractivity contribution is 5.83. The van der Waals surface area contributed by atoms with E-state index in [9.17, 15) is 15.0 Å². The van der Waals surface area contributed by atoms with Gasteiger partial charge in [-0.05, 0) is 32.5 Å². The van der Waals surface area contributed by atoms with Crippen LogP contribution < -0.4 is 5.63 Å². The Morgan fingerprint density at radius 2 is 1.83 bits per heavy atom. The molecule has 0 amide bonds. The second-order valence-electron chi connectivity index (χ2n) is 5.90. The molecule has 0 saturated heterocycles. The highest BCUT2D eigenvalue weighted by Crippen LogP contribution is 2.31. The molecule has 2 N–H and O–H groups in total. The first-order valence-corrected chi connectivity index (χ1v) is 7.44. The molecule has 0 saturated carbocycles. The molecule has 2 aromatic heterocycles. The fourth-order valence-electron chi connectivity index (χ4n) is 2.73. The average molecular weight is 330 g/mol. The molecule has 0 unspecified atom stereocenters. The lowest BCUT2D eigenvalue weighted by molar-refractivity contribution is 0.315. The van der Waals surface area contributed by atoms with E-state index in [-0.39, 0.29) is 17.1 Å². The summed E-state index contributed by atoms with van der Waals surface area (Å²) in [5.74, 6) is 0.178. The van der Waals surface area contributed by atoms with Crippen molar-refractivity contribution < 1.29 is 19.2 Å². The van der Waals surface area contributed by atoms with Gasteiger partial charge in [-0.1, -0.05) is 5.16 Å². The molecular weight excluding hydrogens is 312 g/mol. The number of hydrogen-bond donors (Lipinski definition) is 2. The lowest BCUT2D eigenvalue weighted by Gasteiger charge is -2.17. The van der Waals surface area contributed by atoms with E-state index in [4.69, 9.17) is 8.94 Å². The lowest BCUT2D eigenvalue weighted by Crippen LogP contribution is -2.19. The number of fused-ring (bicyclic) bond motifs is 1. The van der Waals surface area contributed by atoms with Gasteiger partial charge in [-0.15, -0.1) is 0 Å². The van der Waals surface area contributed by atoms with Crippen molar-refractivity contribution in [3.8, 4) is 11.5 Å². The van der Waals surface area contributed by atoms with Gasteiger partial charge in [-0.2, -0.15) is 0 Å². The zero-order valence-electron chi connectivity index (χ0n) is 13.7. The fourth-order valence-corrected chi connectivity index (χ4v) is 2.73. The van der Waals surface area contributed by atoms with Crippen molar-refractivity contribution in [2.45, 2.75) is 26.9 Å². The summed E-state index contributed by atoms with van der Waals surface area (Å²) in [5.41, 5.74) is 2.27. The van der Waals surface area contributed by atoms with E-state index in [1.807, 2.05) is 25.8 Å². The van der Waals surface area contributed by atoms with Crippen molar-refractivity contribution in [1.82, 2.24) is 10.1 Å². The highest BCUT2D eigenvalue weighted by atomic mass is 16.5. The van der Waals surface area contributed by atoms with E-state index in [2.05, 4.69) is 5.16 Å². The Morgan fingerprint density at radius 3 is 2.50 bits per heavy atom. The monoisotopic (exact) mass is 330 g/mol. The summed E-state index contributed by atoms with van der Waals surface area (Å²) in [5, 5.41) is 23.8. The van der Waals surface area contributed by atoms with Gasteiger partial charge in [0.1, 0.15) is 11.3 Å². The molecule has 24 heavy (non-hydrogen) atoms. The Balaban J connectivity index is 1.94. The molecule has 3 aromatic rings. The van der Waals surface area contributed by atoms with Crippen LogP contribution in [0.5, 0.6) is 11.5 Å². The third-order valence-corrected chi connectivity index (χ3v) is 3.97. The molecular formula is C17H18N2O5. The number of rotatable bonds is 4. The van der Waals surface area contributed by atoms with Crippen LogP contribution >= 0.6 is 0 Å². The molecule has 0 radical (unpaired) electrons. The van der Waals surface area contributed by atoms with E-state index in [0.717, 1.165) is 17.0 Å². The Hall–Kier alpha value is -2.80. The van der Waals surface area contributed by atoms with Crippen LogP contribution in [0.1, 0.15) is 22.6 Å². The number of benzene rings is 1. The zero-order chi connectivity index (χ0) is 17.4. The summed E-state index contributed by atoms with van der Waals surface area (Å²) in [4.78, 5) is 13.8. The minimum atomic E-state index is -0.506. The van der Waals surface area contributed by atoms with Gasteiger partial charge < -0.3 is 19.2 Å². The standard InChI is InChI=1S/C17H18N2O5/c1-9-13(10(2)24-18-9)8-19(3)7-11-4-17(22)23-16-6-15(21)14(20)5-12(11)16/h4-6,20-21H,7-8H2,1-3H3. The highest BCUT2D eigenvalue weighted by Gasteiger charge is 2.15. The summed E-state index contributed by atoms with van der Waals surface area (Å²) in [6.07, 6.45) is 0. The third-order valence-electron chi connectivity index (χ3n) is 3.97. The van der Waals surface area contributed by atoms with E-state index < -0.39 is 5.63 Å². The number of aromatic nitrogens is 1. The van der Waals surface area contributed by atoms with Crippen LogP contribution in [-0.2, 0) is 13.1 Å². The first-order chi connectivity index (χ1) is 11.3. The number of phenols is 2. The topological polar surface area (TPSA) is 99.9 Å². The first kappa shape index (κ1) is 16.1. The summed E-state index contributed by atoms with van der Waals surface area (Å²) in [6.45, 7) is 4.80. The smallest absolute Gasteiger partial charge is 0.336 e. The molecule has 0 fully saturated rings. The van der Waals surface area contributed by atoms with Gasteiger partial charge in [0.15, 0.2) is 11.5 Å². The van der Waals surface area contributed by atoms with E-state index in [1.165, 1.54) is 18.2 Å². The third kappa shape index (κ3) is 2.98. The maximum absolute atomic E-state index is 11.8. The molecule has 2 heterocycles. The van der Waals surface area contributed by atoms with Crippen molar-refractivity contribution in [3.63, 3.8) is 0 Å². The Kier molecular flexibility index (Phi) is 4.02. The Morgan fingerprint density at radius 1 is 1.12 bits per heavy atom. The van der Waals surface area contributed by atoms with Gasteiger partial charge in [0.25, 0.3) is 0 Å². The van der Waals surface area contributed by atoms with Crippen LogP contribution in [-0.4, -0.2) is 27.3 Å². The van der Waals surface area contributed by atoms with Crippen molar-refractivity contribution in [1.29, 1.82) is 0 Å². The predicted octanol–water partition coefficient (Wildman–Crippen LogP) is 2.44. The van der Waals surface area contributed by atoms with Crippen molar-refractivity contribution in [2.75, 3.05) is 7.05 Å². The predicted molar refractivity (Wildman–Crippen MR) is 87.0 cm³/mol. The van der Waals surface area contributed by atoms with Crippen molar-refractivity contribution >= 4 is 11.0 Å². The van der Waals surface area contributed by atoms with Crippen molar-refractivity contribution in [3.05, 3.63) is 51.2 Å². The molecule has 7 nitrogen and oxygen atoms in total. The largest absolute Gasteiger partial charge is 0.504 e. The van der Waals surface area contributed by atoms with Gasteiger partial charge in [-0.3, -0.25) is 4.90 Å². The maximum Gasteiger partial charge on any atom is 0.336 e. The number of aromatic hydroxyl groups is 2. The quantitative estimate of drug-likeness (QED) is 0.560. The molecule has 3 rings (SSSR count). The first-order valence-electron chi connectivity index (χ1n) is 7.44.